The minimum Gasteiger partial charge on any atom is -0.455 e. The number of amides is 1. The molecule has 0 aliphatic carbocycles. The first kappa shape index (κ1) is 16.3. The third-order valence-corrected chi connectivity index (χ3v) is 6.92. The molecule has 0 spiro atoms. The topological polar surface area (TPSA) is 89.5 Å². The zero-order valence-electron chi connectivity index (χ0n) is 12.4. The van der Waals surface area contributed by atoms with Gasteiger partial charge in [-0.2, -0.15) is 0 Å². The van der Waals surface area contributed by atoms with Gasteiger partial charge in [0.1, 0.15) is 5.25 Å². The summed E-state index contributed by atoms with van der Waals surface area (Å²) in [5, 5.41) is 2.27. The summed E-state index contributed by atoms with van der Waals surface area (Å²) in [5.74, 6) is -0.823. The van der Waals surface area contributed by atoms with Crippen LogP contribution in [0.5, 0.6) is 0 Å². The summed E-state index contributed by atoms with van der Waals surface area (Å²) in [5.41, 5.74) is 1.11. The molecule has 2 aliphatic heterocycles. The van der Waals surface area contributed by atoms with Crippen LogP contribution in [0.2, 0.25) is 0 Å². The predicted molar refractivity (Wildman–Crippen MR) is 86.0 cm³/mol. The second kappa shape index (κ2) is 6.52. The first-order valence-electron chi connectivity index (χ1n) is 7.34. The van der Waals surface area contributed by atoms with Crippen LogP contribution < -0.4 is 5.32 Å². The van der Waals surface area contributed by atoms with Crippen molar-refractivity contribution in [3.8, 4) is 0 Å². The number of hydrogen-bond donors (Lipinski definition) is 1. The zero-order valence-corrected chi connectivity index (χ0v) is 14.0. The van der Waals surface area contributed by atoms with Crippen molar-refractivity contribution in [2.24, 2.45) is 0 Å². The molecule has 3 rings (SSSR count). The zero-order chi connectivity index (χ0) is 16.4. The van der Waals surface area contributed by atoms with Gasteiger partial charge in [-0.25, -0.2) is 8.42 Å². The second-order valence-corrected chi connectivity index (χ2v) is 9.17. The maximum Gasteiger partial charge on any atom is 0.320 e. The lowest BCUT2D eigenvalue weighted by Crippen LogP contribution is -2.39. The largest absolute Gasteiger partial charge is 0.455 e. The Morgan fingerprint density at radius 2 is 2.09 bits per heavy atom. The summed E-state index contributed by atoms with van der Waals surface area (Å²) in [6.07, 6.45) is 1.01. The molecule has 2 heterocycles. The Morgan fingerprint density at radius 1 is 1.30 bits per heavy atom. The number of sulfone groups is 1. The molecule has 1 aromatic rings. The van der Waals surface area contributed by atoms with Crippen molar-refractivity contribution >= 4 is 33.5 Å². The van der Waals surface area contributed by atoms with E-state index in [1.54, 1.807) is 0 Å². The average molecular weight is 355 g/mol. The van der Waals surface area contributed by atoms with E-state index in [1.807, 2.05) is 24.3 Å². The molecule has 2 aliphatic rings. The Kier molecular flexibility index (Phi) is 4.63. The van der Waals surface area contributed by atoms with Crippen molar-refractivity contribution in [3.05, 3.63) is 29.8 Å². The van der Waals surface area contributed by atoms with E-state index >= 15 is 0 Å². The fourth-order valence-corrected chi connectivity index (χ4v) is 5.59. The number of fused-ring (bicyclic) bond motifs is 1. The first-order valence-corrected chi connectivity index (χ1v) is 10.0. The Hall–Kier alpha value is -1.54. The van der Waals surface area contributed by atoms with Crippen LogP contribution in [0.25, 0.3) is 0 Å². The lowest BCUT2D eigenvalue weighted by Gasteiger charge is -2.12. The van der Waals surface area contributed by atoms with E-state index in [9.17, 15) is 18.0 Å². The normalized spacial score (nSPS) is 24.9. The van der Waals surface area contributed by atoms with Crippen LogP contribution in [-0.4, -0.2) is 49.7 Å². The molecule has 6 nitrogen and oxygen atoms in total. The quantitative estimate of drug-likeness (QED) is 0.794. The van der Waals surface area contributed by atoms with E-state index < -0.39 is 21.7 Å². The van der Waals surface area contributed by atoms with Crippen LogP contribution in [0, 0.1) is 0 Å². The van der Waals surface area contributed by atoms with E-state index in [0.717, 1.165) is 10.5 Å². The molecule has 1 amide bonds. The van der Waals surface area contributed by atoms with Crippen molar-refractivity contribution in [1.82, 2.24) is 5.32 Å². The smallest absolute Gasteiger partial charge is 0.320 e. The number of benzene rings is 1. The maximum atomic E-state index is 12.0. The molecule has 2 unspecified atom stereocenters. The summed E-state index contributed by atoms with van der Waals surface area (Å²) in [4.78, 5) is 24.9. The number of ether oxygens (including phenoxy) is 1. The summed E-state index contributed by atoms with van der Waals surface area (Å²) >= 11 is 1.44. The van der Waals surface area contributed by atoms with E-state index in [2.05, 4.69) is 5.32 Å². The van der Waals surface area contributed by atoms with Crippen molar-refractivity contribution in [3.63, 3.8) is 0 Å². The first-order chi connectivity index (χ1) is 10.9. The van der Waals surface area contributed by atoms with Crippen LogP contribution >= 0.6 is 11.8 Å². The van der Waals surface area contributed by atoms with Crippen molar-refractivity contribution in [2.45, 2.75) is 29.0 Å². The number of esters is 1. The molecule has 124 valence electrons. The van der Waals surface area contributed by atoms with E-state index in [0.29, 0.717) is 12.8 Å². The Bertz CT molecular complexity index is 706. The van der Waals surface area contributed by atoms with Crippen LogP contribution in [0.15, 0.2) is 29.2 Å². The van der Waals surface area contributed by atoms with Crippen molar-refractivity contribution < 1.29 is 22.7 Å². The van der Waals surface area contributed by atoms with Gasteiger partial charge in [-0.05, 0) is 24.5 Å². The molecular formula is C15H17NO5S2. The van der Waals surface area contributed by atoms with Gasteiger partial charge < -0.3 is 10.1 Å². The third-order valence-electron chi connectivity index (χ3n) is 3.85. The lowest BCUT2D eigenvalue weighted by atomic mass is 10.1. The van der Waals surface area contributed by atoms with E-state index in [-0.39, 0.29) is 29.4 Å². The second-order valence-electron chi connectivity index (χ2n) is 5.69. The van der Waals surface area contributed by atoms with Crippen LogP contribution in [-0.2, 0) is 30.6 Å². The fraction of sp³-hybridized carbons (Fsp3) is 0.467. The van der Waals surface area contributed by atoms with Crippen LogP contribution in [0.3, 0.4) is 0 Å². The highest BCUT2D eigenvalue weighted by molar-refractivity contribution is 8.01. The molecule has 0 aromatic heterocycles. The molecule has 23 heavy (non-hydrogen) atoms. The van der Waals surface area contributed by atoms with Gasteiger partial charge in [0.15, 0.2) is 16.4 Å². The Balaban J connectivity index is 1.44. The highest BCUT2D eigenvalue weighted by atomic mass is 32.2. The van der Waals surface area contributed by atoms with E-state index in [1.165, 1.54) is 11.8 Å². The van der Waals surface area contributed by atoms with Gasteiger partial charge in [-0.1, -0.05) is 18.2 Å². The summed E-state index contributed by atoms with van der Waals surface area (Å²) < 4.78 is 27.7. The molecule has 1 aromatic carbocycles. The molecule has 8 heteroatoms. The monoisotopic (exact) mass is 355 g/mol. The standard InChI is InChI=1S/C15H17NO5S2/c17-14(16-11-5-6-23(19,20)9-11)8-21-15(18)13-7-10-3-1-2-4-12(10)22-13/h1-4,11,13H,5-9H2,(H,16,17). The van der Waals surface area contributed by atoms with Gasteiger partial charge >= 0.3 is 5.97 Å². The molecule has 0 saturated carbocycles. The van der Waals surface area contributed by atoms with Gasteiger partial charge in [-0.15, -0.1) is 11.8 Å². The molecule has 1 saturated heterocycles. The van der Waals surface area contributed by atoms with Gasteiger partial charge in [0, 0.05) is 10.9 Å². The maximum absolute atomic E-state index is 12.0. The third kappa shape index (κ3) is 4.06. The van der Waals surface area contributed by atoms with Gasteiger partial charge in [0.05, 0.1) is 11.5 Å². The average Bonchev–Trinajstić information content (AvgIpc) is 3.07. The number of nitrogens with one attached hydrogen (secondary N) is 1. The van der Waals surface area contributed by atoms with Crippen molar-refractivity contribution in [2.75, 3.05) is 18.1 Å². The highest BCUT2D eigenvalue weighted by Crippen LogP contribution is 2.37. The summed E-state index contributed by atoms with van der Waals surface area (Å²) in [6.45, 7) is -0.372. The molecular weight excluding hydrogens is 338 g/mol. The minimum absolute atomic E-state index is 0.0412. The molecule has 1 N–H and O–H groups in total. The predicted octanol–water partition coefficient (Wildman–Crippen LogP) is 0.550. The van der Waals surface area contributed by atoms with Crippen LogP contribution in [0.1, 0.15) is 12.0 Å². The van der Waals surface area contributed by atoms with Crippen LogP contribution in [0.4, 0.5) is 0 Å². The number of hydrogen-bond acceptors (Lipinski definition) is 6. The lowest BCUT2D eigenvalue weighted by molar-refractivity contribution is -0.148. The molecule has 1 fully saturated rings. The van der Waals surface area contributed by atoms with Gasteiger partial charge in [0.2, 0.25) is 0 Å². The highest BCUT2D eigenvalue weighted by Gasteiger charge is 2.31. The van der Waals surface area contributed by atoms with Gasteiger partial charge in [0.25, 0.3) is 5.91 Å². The van der Waals surface area contributed by atoms with Gasteiger partial charge in [-0.3, -0.25) is 9.59 Å². The SMILES string of the molecule is O=C(COC(=O)C1Cc2ccccc2S1)NC1CCS(=O)(=O)C1. The molecule has 2 atom stereocenters. The number of carbonyl (C=O) groups excluding carboxylic acids is 2. The Labute approximate surface area is 138 Å². The molecule has 0 radical (unpaired) electrons. The number of carbonyl (C=O) groups is 2. The summed E-state index contributed by atoms with van der Waals surface area (Å²) in [7, 11) is -3.04. The number of thioether (sulfide) groups is 1. The Morgan fingerprint density at radius 3 is 2.78 bits per heavy atom. The fourth-order valence-electron chi connectivity index (χ4n) is 2.72. The van der Waals surface area contributed by atoms with Crippen molar-refractivity contribution in [1.29, 1.82) is 0 Å². The summed E-state index contributed by atoms with van der Waals surface area (Å²) in [6, 6.07) is 7.40. The minimum atomic E-state index is -3.04. The number of rotatable bonds is 4. The molecule has 0 bridgehead atoms. The van der Waals surface area contributed by atoms with E-state index in [4.69, 9.17) is 4.74 Å².